The minimum Gasteiger partial charge on any atom is -0.548 e. The van der Waals surface area contributed by atoms with E-state index in [0.717, 1.165) is 23.0 Å². The van der Waals surface area contributed by atoms with Crippen molar-refractivity contribution in [2.45, 2.75) is 49.9 Å². The van der Waals surface area contributed by atoms with E-state index in [0.29, 0.717) is 25.7 Å². The summed E-state index contributed by atoms with van der Waals surface area (Å²) in [5.41, 5.74) is 20.5. The van der Waals surface area contributed by atoms with Gasteiger partial charge in [0.05, 0.1) is 23.9 Å². The van der Waals surface area contributed by atoms with Gasteiger partial charge in [-0.15, -0.1) is 0 Å². The summed E-state index contributed by atoms with van der Waals surface area (Å²) >= 11 is 6.30. The van der Waals surface area contributed by atoms with Crippen LogP contribution in [0.5, 0.6) is 0 Å². The van der Waals surface area contributed by atoms with Gasteiger partial charge in [-0.1, -0.05) is 0 Å². The summed E-state index contributed by atoms with van der Waals surface area (Å²) in [7, 11) is 0. The number of carbonyl (C=O) groups is 4. The van der Waals surface area contributed by atoms with Crippen LogP contribution in [0.1, 0.15) is 25.7 Å². The van der Waals surface area contributed by atoms with Crippen molar-refractivity contribution in [2.24, 2.45) is 22.9 Å². The number of carboxylic acids is 4. The maximum Gasteiger partial charge on any atom is 4.00 e. The standard InChI is InChI=1S/4C5H11NO2S.Ru/c4*1-9-3-2-4(6)5(7)8;/h4*4H,2-3,6H2,1H3,(H,7,8);/q;;;;+4/p-4/t4*4-;/m0000./s1. The Bertz CT molecular complexity index is 490. The third-order valence-electron chi connectivity index (χ3n) is 3.74. The SMILES string of the molecule is CSCC[C@H](N)C(=O)[O-].CSCC[C@H](N)C(=O)[O-].CSCC[C@H](N)C(=O)[O-].CSCC[C@H](N)C(=O)[O-].[Ru+4]. The molecule has 0 amide bonds. The normalized spacial score (nSPS) is 12.8. The maximum atomic E-state index is 9.96. The van der Waals surface area contributed by atoms with Crippen LogP contribution >= 0.6 is 47.0 Å². The zero-order chi connectivity index (χ0) is 29.1. The summed E-state index contributed by atoms with van der Waals surface area (Å²) in [5.74, 6) is -1.56. The van der Waals surface area contributed by atoms with Crippen molar-refractivity contribution in [1.29, 1.82) is 0 Å². The molecule has 0 heterocycles. The van der Waals surface area contributed by atoms with Gasteiger partial charge >= 0.3 is 19.5 Å². The first kappa shape index (κ1) is 46.6. The number of nitrogens with two attached hydrogens (primary N) is 4. The molecule has 220 valence electrons. The van der Waals surface area contributed by atoms with Crippen LogP contribution in [0.25, 0.3) is 0 Å². The summed E-state index contributed by atoms with van der Waals surface area (Å²) < 4.78 is 0. The van der Waals surface area contributed by atoms with Crippen molar-refractivity contribution < 1.29 is 59.1 Å². The van der Waals surface area contributed by atoms with E-state index < -0.39 is 48.0 Å². The van der Waals surface area contributed by atoms with Crippen LogP contribution in [0.15, 0.2) is 0 Å². The van der Waals surface area contributed by atoms with E-state index in [1.165, 1.54) is 0 Å². The molecule has 0 saturated carbocycles. The quantitative estimate of drug-likeness (QED) is 0.111. The Balaban J connectivity index is -0.000000122. The Labute approximate surface area is 249 Å². The number of hydrogen-bond donors (Lipinski definition) is 4. The van der Waals surface area contributed by atoms with Crippen LogP contribution in [0.4, 0.5) is 0 Å². The smallest absolute Gasteiger partial charge is 0.548 e. The average molecular weight is 694 g/mol. The minimum atomic E-state index is -1.16. The van der Waals surface area contributed by atoms with Crippen LogP contribution in [-0.2, 0) is 38.7 Å². The Morgan fingerprint density at radius 1 is 0.486 bits per heavy atom. The van der Waals surface area contributed by atoms with Crippen LogP contribution in [0, 0.1) is 0 Å². The molecule has 0 bridgehead atoms. The van der Waals surface area contributed by atoms with Crippen molar-refractivity contribution >= 4 is 70.9 Å². The number of carboxylic acid groups (broad SMARTS) is 4. The molecule has 0 spiro atoms. The van der Waals surface area contributed by atoms with E-state index in [4.69, 9.17) is 22.9 Å². The van der Waals surface area contributed by atoms with E-state index in [1.807, 2.05) is 25.0 Å². The van der Waals surface area contributed by atoms with Gasteiger partial charge < -0.3 is 62.5 Å². The van der Waals surface area contributed by atoms with Crippen LogP contribution < -0.4 is 43.4 Å². The molecule has 37 heavy (non-hydrogen) atoms. The van der Waals surface area contributed by atoms with Gasteiger partial charge in [0, 0.05) is 24.2 Å². The number of rotatable bonds is 16. The summed E-state index contributed by atoms with van der Waals surface area (Å²) in [6, 6.07) is -3.18. The predicted octanol–water partition coefficient (Wildman–Crippen LogP) is -4.74. The van der Waals surface area contributed by atoms with E-state index >= 15 is 0 Å². The van der Waals surface area contributed by atoms with Gasteiger partial charge in [0.1, 0.15) is 0 Å². The molecule has 0 saturated heterocycles. The van der Waals surface area contributed by atoms with Gasteiger partial charge in [-0.25, -0.2) is 0 Å². The molecule has 0 rings (SSSR count). The second-order valence-electron chi connectivity index (χ2n) is 6.83. The minimum absolute atomic E-state index is 0. The first-order chi connectivity index (χ1) is 16.7. The van der Waals surface area contributed by atoms with Crippen molar-refractivity contribution in [3.8, 4) is 0 Å². The van der Waals surface area contributed by atoms with E-state index in [-0.39, 0.29) is 19.5 Å². The first-order valence-electron chi connectivity index (χ1n) is 10.5. The van der Waals surface area contributed by atoms with Crippen LogP contribution in [-0.4, -0.2) is 96.1 Å². The molecule has 0 aliphatic carbocycles. The topological polar surface area (TPSA) is 265 Å². The Kier molecular flexibility index (Phi) is 42.5. The molecule has 12 nitrogen and oxygen atoms in total. The monoisotopic (exact) mass is 694 g/mol. The molecule has 0 aromatic rings. The number of aliphatic carboxylic acids is 4. The van der Waals surface area contributed by atoms with Crippen molar-refractivity contribution in [3.63, 3.8) is 0 Å². The van der Waals surface area contributed by atoms with Gasteiger partial charge in [-0.2, -0.15) is 47.0 Å². The maximum absolute atomic E-state index is 9.96. The molecule has 8 N–H and O–H groups in total. The second-order valence-corrected chi connectivity index (χ2v) is 10.8. The molecule has 17 heteroatoms. The van der Waals surface area contributed by atoms with Crippen LogP contribution in [0.2, 0.25) is 0 Å². The summed E-state index contributed by atoms with van der Waals surface area (Å²) in [6.07, 6.45) is 9.58. The van der Waals surface area contributed by atoms with Crippen molar-refractivity contribution in [3.05, 3.63) is 0 Å². The molecule has 0 aromatic carbocycles. The molecule has 0 fully saturated rings. The number of hydrogen-bond acceptors (Lipinski definition) is 16. The zero-order valence-electron chi connectivity index (χ0n) is 21.5. The summed E-state index contributed by atoms with van der Waals surface area (Å²) in [5, 5.41) is 39.8. The van der Waals surface area contributed by atoms with E-state index in [1.54, 1.807) is 47.0 Å². The number of carbonyl (C=O) groups excluding carboxylic acids is 4. The molecular weight excluding hydrogens is 654 g/mol. The van der Waals surface area contributed by atoms with E-state index in [2.05, 4.69) is 0 Å². The van der Waals surface area contributed by atoms with Crippen molar-refractivity contribution in [1.82, 2.24) is 0 Å². The molecule has 0 radical (unpaired) electrons. The van der Waals surface area contributed by atoms with Gasteiger partial charge in [0.2, 0.25) is 0 Å². The van der Waals surface area contributed by atoms with E-state index in [9.17, 15) is 39.6 Å². The third-order valence-corrected chi connectivity index (χ3v) is 6.32. The largest absolute Gasteiger partial charge is 4.00 e. The molecular formula is C20H40N4O8RuS4. The molecule has 0 aromatic heterocycles. The fraction of sp³-hybridized carbons (Fsp3) is 0.800. The number of thioether (sulfide) groups is 4. The van der Waals surface area contributed by atoms with Crippen LogP contribution in [0.3, 0.4) is 0 Å². The van der Waals surface area contributed by atoms with Gasteiger partial charge in [0.15, 0.2) is 0 Å². The van der Waals surface area contributed by atoms with Gasteiger partial charge in [-0.05, 0) is 73.7 Å². The molecule has 0 unspecified atom stereocenters. The van der Waals surface area contributed by atoms with Gasteiger partial charge in [-0.3, -0.25) is 0 Å². The average Bonchev–Trinajstić information content (AvgIpc) is 2.83. The zero-order valence-corrected chi connectivity index (χ0v) is 26.5. The predicted molar refractivity (Wildman–Crippen MR) is 144 cm³/mol. The first-order valence-corrected chi connectivity index (χ1v) is 16.1. The van der Waals surface area contributed by atoms with Crippen molar-refractivity contribution in [2.75, 3.05) is 48.0 Å². The fourth-order valence-electron chi connectivity index (χ4n) is 1.45. The summed E-state index contributed by atoms with van der Waals surface area (Å²) in [6.45, 7) is 0. The Morgan fingerprint density at radius 2 is 0.622 bits per heavy atom. The summed E-state index contributed by atoms with van der Waals surface area (Å²) in [4.78, 5) is 39.8. The second kappa shape index (κ2) is 33.8. The fourth-order valence-corrected chi connectivity index (χ4v) is 3.41. The molecule has 4 atom stereocenters. The third kappa shape index (κ3) is 40.4. The Hall–Kier alpha value is -0.257. The molecule has 0 aliphatic rings. The Morgan fingerprint density at radius 3 is 0.703 bits per heavy atom. The molecule has 0 aliphatic heterocycles. The van der Waals surface area contributed by atoms with Gasteiger partial charge in [0.25, 0.3) is 0 Å².